The van der Waals surface area contributed by atoms with E-state index in [1.165, 1.54) is 90.1 Å². The van der Waals surface area contributed by atoms with Crippen molar-refractivity contribution in [1.82, 2.24) is 4.57 Å². The van der Waals surface area contributed by atoms with Gasteiger partial charge in [0.15, 0.2) is 0 Å². The van der Waals surface area contributed by atoms with Gasteiger partial charge in [0.1, 0.15) is 0 Å². The lowest BCUT2D eigenvalue weighted by Gasteiger charge is -2.27. The average molecular weight is 777 g/mol. The first-order valence-electron chi connectivity index (χ1n) is 20.0. The molecule has 1 aliphatic rings. The van der Waals surface area contributed by atoms with Crippen LogP contribution in [0.1, 0.15) is 24.0 Å². The number of benzene rings is 8. The van der Waals surface area contributed by atoms with Gasteiger partial charge in [-0.2, -0.15) is 0 Å². The fourth-order valence-electron chi connectivity index (χ4n) is 9.22. The minimum Gasteiger partial charge on any atom is -0.309 e. The first-order valence-corrected chi connectivity index (χ1v) is 21.6. The molecular weight excluding hydrogens is 741 g/mol. The molecule has 0 fully saturated rings. The lowest BCUT2D eigenvalue weighted by atomic mass is 9.89. The molecular formula is C54H36N2S2. The fourth-order valence-corrected chi connectivity index (χ4v) is 11.7. The molecule has 274 valence electrons. The van der Waals surface area contributed by atoms with E-state index in [0.29, 0.717) is 0 Å². The fraction of sp³-hybridized carbons (Fsp3) is 0.0370. The molecule has 0 saturated heterocycles. The zero-order valence-electron chi connectivity index (χ0n) is 31.6. The van der Waals surface area contributed by atoms with Gasteiger partial charge >= 0.3 is 0 Å². The first-order chi connectivity index (χ1) is 28.8. The second-order valence-electron chi connectivity index (χ2n) is 15.2. The van der Waals surface area contributed by atoms with Crippen LogP contribution in [0.25, 0.3) is 79.0 Å². The highest BCUT2D eigenvalue weighted by atomic mass is 32.1. The van der Waals surface area contributed by atoms with Gasteiger partial charge in [0, 0.05) is 63.5 Å². The van der Waals surface area contributed by atoms with Crippen LogP contribution < -0.4 is 4.90 Å². The Hall–Kier alpha value is -6.72. The topological polar surface area (TPSA) is 8.17 Å². The summed E-state index contributed by atoms with van der Waals surface area (Å²) in [6.07, 6.45) is 6.75. The average Bonchev–Trinajstić information content (AvgIpc) is 3.97. The molecule has 0 radical (unpaired) electrons. The minimum atomic E-state index is 1.01. The Labute approximate surface area is 344 Å². The van der Waals surface area contributed by atoms with E-state index in [0.717, 1.165) is 29.9 Å². The van der Waals surface area contributed by atoms with Gasteiger partial charge in [0.05, 0.1) is 21.4 Å². The molecule has 0 spiro atoms. The number of fused-ring (bicyclic) bond motifs is 9. The summed E-state index contributed by atoms with van der Waals surface area (Å²) < 4.78 is 7.76. The summed E-state index contributed by atoms with van der Waals surface area (Å²) in [5, 5.41) is 7.82. The van der Waals surface area contributed by atoms with Gasteiger partial charge in [0.2, 0.25) is 0 Å². The van der Waals surface area contributed by atoms with Crippen LogP contribution in [-0.4, -0.2) is 4.57 Å². The zero-order valence-corrected chi connectivity index (χ0v) is 33.2. The standard InChI is InChI=1S/C54H36N2S2/c1-2-12-38(13-3-1)56-48-20-7-4-14-42(48)43-33-32-40(34-50(43)56)55(49-21-11-19-47-45-16-6-9-23-52(45)58-54(47)49)39-30-28-36(29-31-39)35-24-26-37(27-25-35)41-17-10-18-46-44-15-5-8-22-51(44)57-53(41)46/h1-24,26,28-34H,25,27H2. The van der Waals surface area contributed by atoms with Crippen LogP contribution in [0.5, 0.6) is 0 Å². The van der Waals surface area contributed by atoms with Crippen LogP contribution in [-0.2, 0) is 0 Å². The van der Waals surface area contributed by atoms with E-state index in [-0.39, 0.29) is 0 Å². The summed E-state index contributed by atoms with van der Waals surface area (Å²) >= 11 is 3.79. The van der Waals surface area contributed by atoms with Gasteiger partial charge in [-0.15, -0.1) is 22.7 Å². The number of thiophene rings is 2. The second kappa shape index (κ2) is 13.5. The molecule has 0 saturated carbocycles. The zero-order chi connectivity index (χ0) is 38.2. The van der Waals surface area contributed by atoms with Crippen molar-refractivity contribution in [3.8, 4) is 5.69 Å². The Balaban J connectivity index is 0.984. The molecule has 0 aliphatic heterocycles. The monoisotopic (exact) mass is 776 g/mol. The van der Waals surface area contributed by atoms with Crippen LogP contribution in [0.15, 0.2) is 194 Å². The number of allylic oxidation sites excluding steroid dienone is 4. The Morgan fingerprint density at radius 1 is 0.414 bits per heavy atom. The summed E-state index contributed by atoms with van der Waals surface area (Å²) in [6.45, 7) is 0. The van der Waals surface area contributed by atoms with Gasteiger partial charge in [-0.05, 0) is 95.8 Å². The maximum absolute atomic E-state index is 2.47. The highest BCUT2D eigenvalue weighted by Gasteiger charge is 2.21. The van der Waals surface area contributed by atoms with E-state index in [1.807, 2.05) is 22.7 Å². The molecule has 0 unspecified atom stereocenters. The third kappa shape index (κ3) is 5.30. The molecule has 12 rings (SSSR count). The van der Waals surface area contributed by atoms with Gasteiger partial charge < -0.3 is 9.47 Å². The number of nitrogens with zero attached hydrogens (tertiary/aromatic N) is 2. The molecule has 11 aromatic rings. The van der Waals surface area contributed by atoms with Crippen molar-refractivity contribution in [2.45, 2.75) is 12.8 Å². The van der Waals surface area contributed by atoms with E-state index in [4.69, 9.17) is 0 Å². The summed E-state index contributed by atoms with van der Waals surface area (Å²) in [5.74, 6) is 0. The number of aromatic nitrogens is 1. The number of anilines is 3. The third-order valence-electron chi connectivity index (χ3n) is 12.0. The van der Waals surface area contributed by atoms with Crippen molar-refractivity contribution in [3.63, 3.8) is 0 Å². The molecule has 0 N–H and O–H groups in total. The van der Waals surface area contributed by atoms with Gasteiger partial charge in [-0.25, -0.2) is 0 Å². The SMILES string of the molecule is C1=C(c2ccc(N(c3ccc4c5ccccc5n(-c5ccccc5)c4c3)c3cccc4c3sc3ccccc34)cc2)CCC(c2cccc3c2sc2ccccc23)=C1. The molecule has 4 heteroatoms. The van der Waals surface area contributed by atoms with E-state index in [1.54, 1.807) is 0 Å². The maximum Gasteiger partial charge on any atom is 0.0640 e. The Morgan fingerprint density at radius 2 is 1.00 bits per heavy atom. The van der Waals surface area contributed by atoms with Gasteiger partial charge in [-0.1, -0.05) is 133 Å². The van der Waals surface area contributed by atoms with Crippen molar-refractivity contribution in [1.29, 1.82) is 0 Å². The van der Waals surface area contributed by atoms with E-state index >= 15 is 0 Å². The first kappa shape index (κ1) is 33.4. The molecule has 0 atom stereocenters. The number of hydrogen-bond acceptors (Lipinski definition) is 3. The summed E-state index contributed by atoms with van der Waals surface area (Å²) in [4.78, 5) is 2.47. The molecule has 1 aliphatic carbocycles. The predicted molar refractivity (Wildman–Crippen MR) is 253 cm³/mol. The molecule has 0 amide bonds. The summed E-state index contributed by atoms with van der Waals surface area (Å²) in [7, 11) is 0. The normalized spacial score (nSPS) is 13.2. The number of para-hydroxylation sites is 2. The largest absolute Gasteiger partial charge is 0.309 e. The third-order valence-corrected chi connectivity index (χ3v) is 14.4. The van der Waals surface area contributed by atoms with Crippen LogP contribution in [0.3, 0.4) is 0 Å². The molecule has 0 bridgehead atoms. The van der Waals surface area contributed by atoms with Gasteiger partial charge in [-0.3, -0.25) is 0 Å². The van der Waals surface area contributed by atoms with E-state index in [9.17, 15) is 0 Å². The molecule has 58 heavy (non-hydrogen) atoms. The maximum atomic E-state index is 2.47. The Bertz CT molecular complexity index is 3450. The predicted octanol–water partition coefficient (Wildman–Crippen LogP) is 16.3. The Morgan fingerprint density at radius 3 is 1.76 bits per heavy atom. The summed E-state index contributed by atoms with van der Waals surface area (Å²) in [6, 6.07) is 66.9. The molecule has 8 aromatic carbocycles. The van der Waals surface area contributed by atoms with Gasteiger partial charge in [0.25, 0.3) is 0 Å². The lowest BCUT2D eigenvalue weighted by molar-refractivity contribution is 1.07. The number of hydrogen-bond donors (Lipinski definition) is 0. The quantitative estimate of drug-likeness (QED) is 0.163. The van der Waals surface area contributed by atoms with Crippen molar-refractivity contribution < 1.29 is 0 Å². The van der Waals surface area contributed by atoms with Crippen molar-refractivity contribution in [2.24, 2.45) is 0 Å². The Kier molecular flexibility index (Phi) is 7.75. The van der Waals surface area contributed by atoms with Crippen LogP contribution in [0.4, 0.5) is 17.1 Å². The van der Waals surface area contributed by atoms with Crippen LogP contribution >= 0.6 is 22.7 Å². The lowest BCUT2D eigenvalue weighted by Crippen LogP contribution is -2.10. The van der Waals surface area contributed by atoms with Crippen LogP contribution in [0, 0.1) is 0 Å². The van der Waals surface area contributed by atoms with Crippen molar-refractivity contribution in [2.75, 3.05) is 4.90 Å². The van der Waals surface area contributed by atoms with E-state index < -0.39 is 0 Å². The molecule has 3 aromatic heterocycles. The van der Waals surface area contributed by atoms with E-state index in [2.05, 4.69) is 204 Å². The second-order valence-corrected chi connectivity index (χ2v) is 17.3. The smallest absolute Gasteiger partial charge is 0.0640 e. The van der Waals surface area contributed by atoms with Crippen molar-refractivity contribution >= 4 is 113 Å². The summed E-state index contributed by atoms with van der Waals surface area (Å²) in [5.41, 5.74) is 12.5. The highest BCUT2D eigenvalue weighted by Crippen LogP contribution is 2.47. The van der Waals surface area contributed by atoms with Crippen LogP contribution in [0.2, 0.25) is 0 Å². The van der Waals surface area contributed by atoms with Crippen molar-refractivity contribution in [3.05, 3.63) is 205 Å². The molecule has 3 heterocycles. The number of rotatable bonds is 6. The highest BCUT2D eigenvalue weighted by molar-refractivity contribution is 7.26. The molecule has 2 nitrogen and oxygen atoms in total. The minimum absolute atomic E-state index is 1.01.